The van der Waals surface area contributed by atoms with Crippen molar-refractivity contribution in [2.24, 2.45) is 5.41 Å². The van der Waals surface area contributed by atoms with E-state index in [9.17, 15) is 42.7 Å². The van der Waals surface area contributed by atoms with Gasteiger partial charge in [-0.25, -0.2) is 0 Å². The highest BCUT2D eigenvalue weighted by Crippen LogP contribution is 2.50. The summed E-state index contributed by atoms with van der Waals surface area (Å²) in [5, 5.41) is 0. The summed E-state index contributed by atoms with van der Waals surface area (Å²) in [6.45, 7) is -1.83. The fourth-order valence-corrected chi connectivity index (χ4v) is 11.9. The molecule has 0 bridgehead atoms. The van der Waals surface area contributed by atoms with Crippen molar-refractivity contribution in [2.75, 3.05) is 53.3 Å². The van der Waals surface area contributed by atoms with Gasteiger partial charge in [-0.2, -0.15) is 0 Å². The van der Waals surface area contributed by atoms with Crippen LogP contribution in [-0.2, 0) is 99.0 Å². The molecule has 0 aliphatic carbocycles. The number of hydrogen-bond donors (Lipinski definition) is 0. The number of phosphoric ester groups is 4. The molecule has 5 heterocycles. The third kappa shape index (κ3) is 17.4. The first-order valence-electron chi connectivity index (χ1n) is 21.3. The van der Waals surface area contributed by atoms with Crippen LogP contribution in [0.1, 0.15) is 77.3 Å². The summed E-state index contributed by atoms with van der Waals surface area (Å²) < 4.78 is 152. The number of ether oxygens (including phenoxy) is 5. The van der Waals surface area contributed by atoms with Gasteiger partial charge in [0.05, 0.1) is 79.4 Å². The third-order valence-electron chi connectivity index (χ3n) is 9.76. The lowest BCUT2D eigenvalue weighted by Gasteiger charge is -2.35. The number of rotatable bonds is 24. The molecule has 5 aliphatic rings. The van der Waals surface area contributed by atoms with Crippen LogP contribution in [0.25, 0.3) is 0 Å². The first-order chi connectivity index (χ1) is 29.9. The molecule has 0 amide bonds. The standard InChI is InChI=1S/C32H61O24P5S/c1-20-13-25(54-57(33,34)42-6)30(50-20)18-48-60(39,40)55-26-14-21(2)51-31(26)19-47-59(37,38)52-23-8-11-44-28(23)16-46-58(35,36)53-24-9-12-45-29(24)17-49-61(41,62)56-22-7-10-43-27(22)15-32(3,4)5/h20-31H,7-19H2,1-6H3,(H,33,34)(H,35,36)(H,37,38)(H,39,40)(H,41,62)/p-5/t20-,21-,22?,23?,24?,25?,26?,27+,28+,29+,30+,31+,61?/m0/s1/i10T,11T,12T/t10-,11-,12-,20-,21-,22?,23?,24?,25?,26?,27+,28+,29+,30+,31+,61?. The number of hydrogen-bond acceptors (Lipinski definition) is 25. The van der Waals surface area contributed by atoms with Gasteiger partial charge in [-0.15, -0.1) is 0 Å². The first-order valence-corrected chi connectivity index (χ1v) is 27.9. The van der Waals surface area contributed by atoms with Crippen LogP contribution >= 0.6 is 38.0 Å². The van der Waals surface area contributed by atoms with E-state index in [1.807, 2.05) is 20.8 Å². The Balaban J connectivity index is 1.09. The van der Waals surface area contributed by atoms with E-state index in [2.05, 4.69) is 4.52 Å². The van der Waals surface area contributed by atoms with E-state index in [-0.39, 0.29) is 37.5 Å². The van der Waals surface area contributed by atoms with Crippen molar-refractivity contribution in [3.05, 3.63) is 0 Å². The molecule has 30 heteroatoms. The highest BCUT2D eigenvalue weighted by Gasteiger charge is 2.42. The Morgan fingerprint density at radius 2 is 0.919 bits per heavy atom. The molecule has 20 atom stereocenters. The molecule has 0 spiro atoms. The molecule has 5 fully saturated rings. The minimum Gasteiger partial charge on any atom is -0.780 e. The zero-order valence-corrected chi connectivity index (χ0v) is 40.0. The molecule has 62 heavy (non-hydrogen) atoms. The van der Waals surface area contributed by atoms with Gasteiger partial charge in [-0.05, 0) is 32.1 Å². The summed E-state index contributed by atoms with van der Waals surface area (Å²) in [5.74, 6) is 0. The predicted molar refractivity (Wildman–Crippen MR) is 205 cm³/mol. The van der Waals surface area contributed by atoms with E-state index in [4.69, 9.17) is 80.3 Å². The molecule has 364 valence electrons. The summed E-state index contributed by atoms with van der Waals surface area (Å²) in [7, 11) is -19.6. The molecular formula is C32H56O24P5S-5. The largest absolute Gasteiger partial charge is 0.780 e. The number of phosphoric acid groups is 4. The second kappa shape index (κ2) is 22.5. The Hall–Kier alpha value is 0.770. The molecule has 0 aromatic heterocycles. The van der Waals surface area contributed by atoms with Crippen molar-refractivity contribution in [1.29, 1.82) is 0 Å². The van der Waals surface area contributed by atoms with Gasteiger partial charge >= 0.3 is 0 Å². The molecule has 5 aliphatic heterocycles. The smallest absolute Gasteiger partial charge is 0.268 e. The zero-order chi connectivity index (χ0) is 48.3. The predicted octanol–water partition coefficient (Wildman–Crippen LogP) is 1.24. The van der Waals surface area contributed by atoms with Crippen molar-refractivity contribution in [3.8, 4) is 0 Å². The molecule has 0 aromatic carbocycles. The van der Waals surface area contributed by atoms with Crippen LogP contribution < -0.4 is 24.5 Å². The Labute approximate surface area is 369 Å². The first kappa shape index (κ1) is 49.2. The monoisotopic (exact) mass is 1020 g/mol. The maximum atomic E-state index is 13.1. The minimum atomic E-state index is -5.33. The van der Waals surface area contributed by atoms with Gasteiger partial charge in [0, 0.05) is 52.5 Å². The maximum absolute atomic E-state index is 13.1. The Bertz CT molecular complexity index is 1820. The molecular weight excluding hydrogens is 955 g/mol. The molecule has 0 saturated carbocycles. The lowest BCUT2D eigenvalue weighted by Crippen LogP contribution is -2.34. The van der Waals surface area contributed by atoms with Crippen LogP contribution in [0.5, 0.6) is 0 Å². The van der Waals surface area contributed by atoms with Crippen LogP contribution in [0, 0.1) is 5.41 Å². The second-order valence-corrected chi connectivity index (χ2v) is 24.5. The van der Waals surface area contributed by atoms with Crippen molar-refractivity contribution in [1.82, 2.24) is 0 Å². The average molecular weight is 1020 g/mol. The molecule has 24 nitrogen and oxygen atoms in total. The quantitative estimate of drug-likeness (QED) is 0.123. The topological polar surface area (TPSA) is 322 Å². The molecule has 0 radical (unpaired) electrons. The Morgan fingerprint density at radius 3 is 1.34 bits per heavy atom. The normalized spacial score (nSPS) is 42.3. The van der Waals surface area contributed by atoms with Gasteiger partial charge in [-0.1, -0.05) is 32.6 Å². The molecule has 0 N–H and O–H groups in total. The second-order valence-electron chi connectivity index (χ2n) is 16.3. The zero-order valence-electron chi connectivity index (χ0n) is 37.7. The van der Waals surface area contributed by atoms with Gasteiger partial charge in [0.2, 0.25) is 0 Å². The van der Waals surface area contributed by atoms with E-state index in [1.54, 1.807) is 13.8 Å². The van der Waals surface area contributed by atoms with Crippen LogP contribution in [0.15, 0.2) is 0 Å². The van der Waals surface area contributed by atoms with Gasteiger partial charge in [0.25, 0.3) is 31.3 Å². The lowest BCUT2D eigenvalue weighted by atomic mass is 9.88. The van der Waals surface area contributed by atoms with E-state index in [0.29, 0.717) is 6.42 Å². The lowest BCUT2D eigenvalue weighted by molar-refractivity contribution is -0.238. The maximum Gasteiger partial charge on any atom is 0.268 e. The molecule has 10 unspecified atom stereocenters. The summed E-state index contributed by atoms with van der Waals surface area (Å²) in [6.07, 6.45) is -13.1. The van der Waals surface area contributed by atoms with E-state index in [0.717, 1.165) is 7.11 Å². The molecule has 5 rings (SSSR count). The van der Waals surface area contributed by atoms with Crippen LogP contribution in [0.4, 0.5) is 0 Å². The third-order valence-corrected chi connectivity index (χ3v) is 15.3. The van der Waals surface area contributed by atoms with E-state index in [1.165, 1.54) is 0 Å². The minimum absolute atomic E-state index is 0.0498. The Morgan fingerprint density at radius 1 is 0.565 bits per heavy atom. The highest BCUT2D eigenvalue weighted by molar-refractivity contribution is 8.06. The van der Waals surface area contributed by atoms with Crippen LogP contribution in [-0.4, -0.2) is 127 Å². The fraction of sp³-hybridized carbons (Fsp3) is 1.00. The van der Waals surface area contributed by atoms with Crippen molar-refractivity contribution in [2.45, 2.75) is 146 Å². The summed E-state index contributed by atoms with van der Waals surface area (Å²) >= 11 is 5.06. The average Bonchev–Trinajstić information content (AvgIpc) is 3.95. The van der Waals surface area contributed by atoms with E-state index < -0.39 is 157 Å². The molecule has 0 aromatic rings. The summed E-state index contributed by atoms with van der Waals surface area (Å²) in [6, 6.07) is 0. The van der Waals surface area contributed by atoms with Crippen molar-refractivity contribution >= 4 is 49.8 Å². The van der Waals surface area contributed by atoms with Gasteiger partial charge < -0.3 is 93.4 Å². The molecule has 5 saturated heterocycles. The van der Waals surface area contributed by atoms with Crippen molar-refractivity contribution in [3.63, 3.8) is 0 Å². The summed E-state index contributed by atoms with van der Waals surface area (Å²) in [5.41, 5.74) is -0.215. The summed E-state index contributed by atoms with van der Waals surface area (Å²) in [4.78, 5) is 63.7. The van der Waals surface area contributed by atoms with Crippen LogP contribution in [0.3, 0.4) is 0 Å². The highest BCUT2D eigenvalue weighted by atomic mass is 32.5. The van der Waals surface area contributed by atoms with Gasteiger partial charge in [0.1, 0.15) is 31.1 Å². The SMILES string of the molecule is [3H][C@H]1CC(OP(=O)([O-])OC[C@H]2O[C@@H](C)CC2OP(=O)([O-])OC[C@H]2O[C@@H](C)CC2OP(=O)([O-])OC)[C@@H](COP(=O)([O-])OC2C[C@H]([3H])O[C@@H]2COP([O-])(=S)OC2C[C@H]([3H])O[C@@H]2CC(C)(C)C)O1. The van der Waals surface area contributed by atoms with Crippen molar-refractivity contribution < 1.29 is 116 Å². The Kier molecular flexibility index (Phi) is 17.8. The fourth-order valence-electron chi connectivity index (χ4n) is 6.96. The van der Waals surface area contributed by atoms with Gasteiger partial charge in [-0.3, -0.25) is 18.3 Å². The van der Waals surface area contributed by atoms with Crippen LogP contribution in [0.2, 0.25) is 0 Å². The van der Waals surface area contributed by atoms with E-state index >= 15 is 0 Å². The van der Waals surface area contributed by atoms with Gasteiger partial charge in [0.15, 0.2) is 0 Å².